The van der Waals surface area contributed by atoms with Gasteiger partial charge in [-0.3, -0.25) is 4.79 Å². The summed E-state index contributed by atoms with van der Waals surface area (Å²) in [6.07, 6.45) is 0.193. The molecule has 0 unspecified atom stereocenters. The number of hydrogen-bond acceptors (Lipinski definition) is 5. The first-order chi connectivity index (χ1) is 8.19. The van der Waals surface area contributed by atoms with Crippen LogP contribution in [0.4, 0.5) is 0 Å². The smallest absolute Gasteiger partial charge is 0.207 e. The summed E-state index contributed by atoms with van der Waals surface area (Å²) < 4.78 is 11.0. The van der Waals surface area contributed by atoms with E-state index in [9.17, 15) is 9.90 Å². The van der Waals surface area contributed by atoms with E-state index in [1.807, 2.05) is 6.92 Å². The highest BCUT2D eigenvalue weighted by molar-refractivity contribution is 5.45. The molecule has 17 heavy (non-hydrogen) atoms. The standard InChI is InChI=1S/C11H21NO5/c1-8-11(16-4-2-3-12-7-14)10(15)5-9(6-13)17-8/h7-11,13,15H,2-6H2,1H3,(H,12,14)/t8-,9+,10+,11+/m1/s1. The second-order valence-electron chi connectivity index (χ2n) is 4.21. The van der Waals surface area contributed by atoms with Gasteiger partial charge >= 0.3 is 0 Å². The topological polar surface area (TPSA) is 88.0 Å². The largest absolute Gasteiger partial charge is 0.394 e. The summed E-state index contributed by atoms with van der Waals surface area (Å²) in [6.45, 7) is 2.75. The molecule has 0 bridgehead atoms. The monoisotopic (exact) mass is 247 g/mol. The predicted molar refractivity (Wildman–Crippen MR) is 60.5 cm³/mol. The number of ether oxygens (including phenoxy) is 2. The molecule has 0 aliphatic carbocycles. The molecule has 0 aromatic rings. The minimum absolute atomic E-state index is 0.0859. The van der Waals surface area contributed by atoms with Gasteiger partial charge in [0.25, 0.3) is 0 Å². The SMILES string of the molecule is C[C@H]1O[C@H](CO)C[C@H](O)[C@H]1OCCCNC=O. The normalized spacial score (nSPS) is 33.4. The minimum Gasteiger partial charge on any atom is -0.394 e. The van der Waals surface area contributed by atoms with Crippen molar-refractivity contribution in [2.24, 2.45) is 0 Å². The molecular formula is C11H21NO5. The Bertz CT molecular complexity index is 214. The Morgan fingerprint density at radius 2 is 2.35 bits per heavy atom. The highest BCUT2D eigenvalue weighted by atomic mass is 16.6. The fourth-order valence-electron chi connectivity index (χ4n) is 1.97. The molecular weight excluding hydrogens is 226 g/mol. The molecule has 0 saturated carbocycles. The van der Waals surface area contributed by atoms with Crippen molar-refractivity contribution in [3.05, 3.63) is 0 Å². The molecule has 1 saturated heterocycles. The van der Waals surface area contributed by atoms with Crippen molar-refractivity contribution < 1.29 is 24.5 Å². The number of hydrogen-bond donors (Lipinski definition) is 3. The Hall–Kier alpha value is -0.690. The summed E-state index contributed by atoms with van der Waals surface area (Å²) in [5, 5.41) is 21.4. The summed E-state index contributed by atoms with van der Waals surface area (Å²) in [5.74, 6) is 0. The first-order valence-corrected chi connectivity index (χ1v) is 5.92. The Morgan fingerprint density at radius 1 is 1.59 bits per heavy atom. The third-order valence-corrected chi connectivity index (χ3v) is 2.82. The van der Waals surface area contributed by atoms with Crippen LogP contribution < -0.4 is 5.32 Å². The summed E-state index contributed by atoms with van der Waals surface area (Å²) in [6, 6.07) is 0. The predicted octanol–water partition coefficient (Wildman–Crippen LogP) is -0.962. The lowest BCUT2D eigenvalue weighted by Crippen LogP contribution is -2.49. The van der Waals surface area contributed by atoms with Gasteiger partial charge in [-0.25, -0.2) is 0 Å². The summed E-state index contributed by atoms with van der Waals surface area (Å²) in [4.78, 5) is 10.0. The maximum absolute atomic E-state index is 10.0. The van der Waals surface area contributed by atoms with Gasteiger partial charge in [-0.15, -0.1) is 0 Å². The summed E-state index contributed by atoms with van der Waals surface area (Å²) >= 11 is 0. The zero-order valence-electron chi connectivity index (χ0n) is 10.0. The molecule has 100 valence electrons. The first-order valence-electron chi connectivity index (χ1n) is 5.92. The van der Waals surface area contributed by atoms with E-state index >= 15 is 0 Å². The van der Waals surface area contributed by atoms with Gasteiger partial charge in [0.2, 0.25) is 6.41 Å². The molecule has 1 aliphatic rings. The molecule has 1 fully saturated rings. The van der Waals surface area contributed by atoms with E-state index < -0.39 is 6.10 Å². The second-order valence-corrected chi connectivity index (χ2v) is 4.21. The van der Waals surface area contributed by atoms with Crippen LogP contribution in [-0.2, 0) is 14.3 Å². The van der Waals surface area contributed by atoms with Crippen LogP contribution in [-0.4, -0.2) is 60.8 Å². The molecule has 0 radical (unpaired) electrons. The van der Waals surface area contributed by atoms with Crippen molar-refractivity contribution in [3.63, 3.8) is 0 Å². The number of aliphatic hydroxyl groups excluding tert-OH is 2. The van der Waals surface area contributed by atoms with Crippen molar-refractivity contribution in [2.45, 2.75) is 44.2 Å². The van der Waals surface area contributed by atoms with Gasteiger partial charge in [-0.05, 0) is 13.3 Å². The average Bonchev–Trinajstić information content (AvgIpc) is 2.31. The maximum Gasteiger partial charge on any atom is 0.207 e. The van der Waals surface area contributed by atoms with Crippen molar-refractivity contribution in [3.8, 4) is 0 Å². The first kappa shape index (κ1) is 14.4. The molecule has 1 aliphatic heterocycles. The molecule has 1 rings (SSSR count). The van der Waals surface area contributed by atoms with Crippen LogP contribution >= 0.6 is 0 Å². The summed E-state index contributed by atoms with van der Waals surface area (Å²) in [5.41, 5.74) is 0. The maximum atomic E-state index is 10.0. The summed E-state index contributed by atoms with van der Waals surface area (Å²) in [7, 11) is 0. The lowest BCUT2D eigenvalue weighted by atomic mass is 9.99. The molecule has 6 heteroatoms. The Morgan fingerprint density at radius 3 is 2.94 bits per heavy atom. The van der Waals surface area contributed by atoms with Gasteiger partial charge in [0.05, 0.1) is 24.9 Å². The van der Waals surface area contributed by atoms with Crippen LogP contribution in [0.15, 0.2) is 0 Å². The van der Waals surface area contributed by atoms with Crippen LogP contribution in [0.1, 0.15) is 19.8 Å². The molecule has 3 N–H and O–H groups in total. The van der Waals surface area contributed by atoms with Crippen LogP contribution in [0.3, 0.4) is 0 Å². The Kier molecular flexibility index (Phi) is 6.43. The van der Waals surface area contributed by atoms with E-state index in [0.29, 0.717) is 32.4 Å². The quantitative estimate of drug-likeness (QED) is 0.398. The molecule has 0 aromatic carbocycles. The van der Waals surface area contributed by atoms with Gasteiger partial charge in [0.1, 0.15) is 6.10 Å². The van der Waals surface area contributed by atoms with E-state index in [1.165, 1.54) is 0 Å². The molecule has 6 nitrogen and oxygen atoms in total. The lowest BCUT2D eigenvalue weighted by molar-refractivity contribution is -0.188. The van der Waals surface area contributed by atoms with Crippen molar-refractivity contribution in [2.75, 3.05) is 19.8 Å². The highest BCUT2D eigenvalue weighted by Crippen LogP contribution is 2.22. The lowest BCUT2D eigenvalue weighted by Gasteiger charge is -2.37. The third-order valence-electron chi connectivity index (χ3n) is 2.82. The van der Waals surface area contributed by atoms with Gasteiger partial charge in [-0.1, -0.05) is 0 Å². The van der Waals surface area contributed by atoms with Crippen molar-refractivity contribution in [1.82, 2.24) is 5.32 Å². The van der Waals surface area contributed by atoms with Gasteiger partial charge in [0.15, 0.2) is 0 Å². The number of carbonyl (C=O) groups is 1. The van der Waals surface area contributed by atoms with Crippen LogP contribution in [0.25, 0.3) is 0 Å². The highest BCUT2D eigenvalue weighted by Gasteiger charge is 2.35. The fraction of sp³-hybridized carbons (Fsp3) is 0.909. The number of amides is 1. The van der Waals surface area contributed by atoms with Crippen molar-refractivity contribution in [1.29, 1.82) is 0 Å². The minimum atomic E-state index is -0.616. The van der Waals surface area contributed by atoms with Crippen LogP contribution in [0.2, 0.25) is 0 Å². The third kappa shape index (κ3) is 4.59. The van der Waals surface area contributed by atoms with E-state index in [2.05, 4.69) is 5.32 Å². The Balaban J connectivity index is 2.25. The average molecular weight is 247 g/mol. The van der Waals surface area contributed by atoms with E-state index in [1.54, 1.807) is 0 Å². The molecule has 1 amide bonds. The number of aliphatic hydroxyl groups is 2. The zero-order valence-corrected chi connectivity index (χ0v) is 10.0. The fourth-order valence-corrected chi connectivity index (χ4v) is 1.97. The zero-order chi connectivity index (χ0) is 12.7. The van der Waals surface area contributed by atoms with Gasteiger partial charge in [0, 0.05) is 19.6 Å². The Labute approximate surface area is 101 Å². The van der Waals surface area contributed by atoms with E-state index in [0.717, 1.165) is 0 Å². The van der Waals surface area contributed by atoms with Crippen LogP contribution in [0, 0.1) is 0 Å². The van der Waals surface area contributed by atoms with Gasteiger partial charge < -0.3 is 25.0 Å². The van der Waals surface area contributed by atoms with E-state index in [4.69, 9.17) is 14.6 Å². The number of carbonyl (C=O) groups excluding carboxylic acids is 1. The van der Waals surface area contributed by atoms with Gasteiger partial charge in [-0.2, -0.15) is 0 Å². The number of nitrogens with one attached hydrogen (secondary N) is 1. The van der Waals surface area contributed by atoms with Crippen molar-refractivity contribution >= 4 is 6.41 Å². The van der Waals surface area contributed by atoms with E-state index in [-0.39, 0.29) is 24.9 Å². The molecule has 4 atom stereocenters. The van der Waals surface area contributed by atoms with Crippen LogP contribution in [0.5, 0.6) is 0 Å². The second kappa shape index (κ2) is 7.60. The number of rotatable bonds is 7. The molecule has 1 heterocycles. The molecule has 0 aromatic heterocycles. The molecule has 0 spiro atoms.